The van der Waals surface area contributed by atoms with Crippen molar-refractivity contribution in [3.05, 3.63) is 35.9 Å². The zero-order valence-electron chi connectivity index (χ0n) is 18.4. The van der Waals surface area contributed by atoms with Gasteiger partial charge >= 0.3 is 0 Å². The lowest BCUT2D eigenvalue weighted by atomic mass is 10.0. The minimum atomic E-state index is 0.495. The first-order valence-electron chi connectivity index (χ1n) is 11.2. The van der Waals surface area contributed by atoms with Gasteiger partial charge in [0.05, 0.1) is 13.2 Å². The van der Waals surface area contributed by atoms with E-state index in [0.717, 1.165) is 71.3 Å². The van der Waals surface area contributed by atoms with E-state index in [0.29, 0.717) is 18.0 Å². The number of benzene rings is 1. The van der Waals surface area contributed by atoms with E-state index < -0.39 is 0 Å². The minimum absolute atomic E-state index is 0.495. The first kappa shape index (κ1) is 22.1. The van der Waals surface area contributed by atoms with Crippen molar-refractivity contribution in [3.8, 4) is 0 Å². The fraction of sp³-hybridized carbons (Fsp3) is 0.696. The van der Waals surface area contributed by atoms with Gasteiger partial charge in [0.2, 0.25) is 0 Å². The summed E-state index contributed by atoms with van der Waals surface area (Å²) in [6.45, 7) is 12.6. The number of piperidine rings is 1. The van der Waals surface area contributed by atoms with E-state index in [9.17, 15) is 0 Å². The molecule has 162 valence electrons. The third-order valence-electron chi connectivity index (χ3n) is 6.16. The molecule has 1 atom stereocenters. The van der Waals surface area contributed by atoms with Gasteiger partial charge in [-0.15, -0.1) is 0 Å². The number of morpholine rings is 1. The molecule has 0 radical (unpaired) electrons. The van der Waals surface area contributed by atoms with Crippen molar-refractivity contribution in [1.82, 2.24) is 20.4 Å². The molecule has 3 rings (SSSR count). The lowest BCUT2D eigenvalue weighted by Gasteiger charge is -2.37. The average molecular weight is 402 g/mol. The molecule has 29 heavy (non-hydrogen) atoms. The predicted molar refractivity (Wildman–Crippen MR) is 120 cm³/mol. The molecule has 0 bridgehead atoms. The van der Waals surface area contributed by atoms with Crippen LogP contribution in [0.15, 0.2) is 35.3 Å². The van der Waals surface area contributed by atoms with Crippen LogP contribution in [0, 0.1) is 5.92 Å². The van der Waals surface area contributed by atoms with Crippen LogP contribution in [0.5, 0.6) is 0 Å². The molecule has 0 spiro atoms. The lowest BCUT2D eigenvalue weighted by molar-refractivity contribution is 0.00750. The zero-order valence-corrected chi connectivity index (χ0v) is 18.4. The van der Waals surface area contributed by atoms with Gasteiger partial charge in [-0.1, -0.05) is 44.2 Å². The van der Waals surface area contributed by atoms with Gasteiger partial charge in [0.25, 0.3) is 0 Å². The van der Waals surface area contributed by atoms with Gasteiger partial charge in [-0.25, -0.2) is 0 Å². The van der Waals surface area contributed by atoms with Crippen molar-refractivity contribution in [2.24, 2.45) is 10.9 Å². The van der Waals surface area contributed by atoms with Crippen LogP contribution in [0.4, 0.5) is 0 Å². The van der Waals surface area contributed by atoms with Crippen molar-refractivity contribution in [2.45, 2.75) is 45.3 Å². The number of nitrogens with zero attached hydrogens (tertiary/aromatic N) is 3. The second kappa shape index (κ2) is 11.5. The Hall–Kier alpha value is -1.63. The Labute approximate surface area is 176 Å². The topological polar surface area (TPSA) is 52.1 Å². The Morgan fingerprint density at radius 3 is 2.41 bits per heavy atom. The molecule has 1 unspecified atom stereocenters. The van der Waals surface area contributed by atoms with E-state index in [1.807, 2.05) is 7.05 Å². The van der Waals surface area contributed by atoms with E-state index in [-0.39, 0.29) is 0 Å². The normalized spacial score (nSPS) is 21.3. The molecule has 2 fully saturated rings. The molecule has 2 aliphatic heterocycles. The molecule has 0 aromatic heterocycles. The number of likely N-dealkylation sites (tertiary alicyclic amines) is 1. The highest BCUT2D eigenvalue weighted by atomic mass is 16.5. The Bertz CT molecular complexity index is 607. The van der Waals surface area contributed by atoms with Crippen LogP contribution in [0.3, 0.4) is 0 Å². The summed E-state index contributed by atoms with van der Waals surface area (Å²) in [5.74, 6) is 1.53. The first-order valence-corrected chi connectivity index (χ1v) is 11.2. The van der Waals surface area contributed by atoms with Gasteiger partial charge in [0, 0.05) is 58.4 Å². The van der Waals surface area contributed by atoms with Crippen molar-refractivity contribution >= 4 is 5.96 Å². The molecule has 0 aliphatic carbocycles. The standard InChI is InChI=1S/C23H39N5O/c1-19(2)22(28-13-15-29-16-14-28)17-25-23(24-3)26-21-9-11-27(12-10-21)18-20-7-5-4-6-8-20/h4-8,19,21-22H,9-18H2,1-3H3,(H2,24,25,26). The molecular formula is C23H39N5O. The average Bonchev–Trinajstić information content (AvgIpc) is 2.75. The fourth-order valence-corrected chi connectivity index (χ4v) is 4.36. The molecule has 1 aromatic carbocycles. The summed E-state index contributed by atoms with van der Waals surface area (Å²) >= 11 is 0. The number of aliphatic imine (C=N–C) groups is 1. The molecule has 2 aliphatic rings. The summed E-state index contributed by atoms with van der Waals surface area (Å²) < 4.78 is 5.52. The fourth-order valence-electron chi connectivity index (χ4n) is 4.36. The zero-order chi connectivity index (χ0) is 20.5. The Morgan fingerprint density at radius 1 is 1.10 bits per heavy atom. The second-order valence-electron chi connectivity index (χ2n) is 8.59. The van der Waals surface area contributed by atoms with E-state index in [2.05, 4.69) is 69.6 Å². The van der Waals surface area contributed by atoms with Crippen LogP contribution < -0.4 is 10.6 Å². The molecule has 2 heterocycles. The molecule has 6 nitrogen and oxygen atoms in total. The van der Waals surface area contributed by atoms with E-state index in [4.69, 9.17) is 4.74 Å². The maximum Gasteiger partial charge on any atom is 0.191 e. The van der Waals surface area contributed by atoms with Gasteiger partial charge in [-0.3, -0.25) is 14.8 Å². The molecular weight excluding hydrogens is 362 g/mol. The summed E-state index contributed by atoms with van der Waals surface area (Å²) in [6.07, 6.45) is 2.31. The third kappa shape index (κ3) is 6.98. The number of ether oxygens (including phenoxy) is 1. The van der Waals surface area contributed by atoms with E-state index >= 15 is 0 Å². The molecule has 2 N–H and O–H groups in total. The Kier molecular flexibility index (Phi) is 8.77. The SMILES string of the molecule is CN=C(NCC(C(C)C)N1CCOCC1)NC1CCN(Cc2ccccc2)CC1. The third-order valence-corrected chi connectivity index (χ3v) is 6.16. The van der Waals surface area contributed by atoms with Crippen molar-refractivity contribution in [2.75, 3.05) is 53.0 Å². The highest BCUT2D eigenvalue weighted by Gasteiger charge is 2.25. The predicted octanol–water partition coefficient (Wildman–Crippen LogP) is 2.17. The number of hydrogen-bond donors (Lipinski definition) is 2. The monoisotopic (exact) mass is 401 g/mol. The highest BCUT2D eigenvalue weighted by Crippen LogP contribution is 2.14. The number of rotatable bonds is 7. The highest BCUT2D eigenvalue weighted by molar-refractivity contribution is 5.80. The summed E-state index contributed by atoms with van der Waals surface area (Å²) in [7, 11) is 1.87. The molecule has 0 amide bonds. The number of guanidine groups is 1. The van der Waals surface area contributed by atoms with Gasteiger partial charge < -0.3 is 15.4 Å². The Balaban J connectivity index is 1.42. The summed E-state index contributed by atoms with van der Waals surface area (Å²) in [4.78, 5) is 9.59. The van der Waals surface area contributed by atoms with Gasteiger partial charge in [-0.05, 0) is 24.3 Å². The number of hydrogen-bond acceptors (Lipinski definition) is 4. The molecule has 2 saturated heterocycles. The lowest BCUT2D eigenvalue weighted by Crippen LogP contribution is -2.54. The van der Waals surface area contributed by atoms with Crippen LogP contribution >= 0.6 is 0 Å². The van der Waals surface area contributed by atoms with E-state index in [1.54, 1.807) is 0 Å². The van der Waals surface area contributed by atoms with Crippen LogP contribution in [-0.4, -0.2) is 80.8 Å². The summed E-state index contributed by atoms with van der Waals surface area (Å²) in [6, 6.07) is 11.8. The minimum Gasteiger partial charge on any atom is -0.379 e. The van der Waals surface area contributed by atoms with E-state index in [1.165, 1.54) is 5.56 Å². The quantitative estimate of drug-likeness (QED) is 0.542. The van der Waals surface area contributed by atoms with Crippen molar-refractivity contribution < 1.29 is 4.74 Å². The van der Waals surface area contributed by atoms with Crippen molar-refractivity contribution in [1.29, 1.82) is 0 Å². The smallest absolute Gasteiger partial charge is 0.191 e. The van der Waals surface area contributed by atoms with Gasteiger partial charge in [0.15, 0.2) is 5.96 Å². The summed E-state index contributed by atoms with van der Waals surface area (Å²) in [5, 5.41) is 7.25. The van der Waals surface area contributed by atoms with Crippen molar-refractivity contribution in [3.63, 3.8) is 0 Å². The largest absolute Gasteiger partial charge is 0.379 e. The molecule has 0 saturated carbocycles. The first-order chi connectivity index (χ1) is 14.2. The van der Waals surface area contributed by atoms with Crippen LogP contribution in [-0.2, 0) is 11.3 Å². The summed E-state index contributed by atoms with van der Waals surface area (Å²) in [5.41, 5.74) is 1.40. The maximum absolute atomic E-state index is 5.52. The second-order valence-corrected chi connectivity index (χ2v) is 8.59. The van der Waals surface area contributed by atoms with Gasteiger partial charge in [-0.2, -0.15) is 0 Å². The van der Waals surface area contributed by atoms with Crippen LogP contribution in [0.1, 0.15) is 32.3 Å². The van der Waals surface area contributed by atoms with Crippen LogP contribution in [0.25, 0.3) is 0 Å². The number of nitrogens with one attached hydrogen (secondary N) is 2. The van der Waals surface area contributed by atoms with Gasteiger partial charge in [0.1, 0.15) is 0 Å². The van der Waals surface area contributed by atoms with Crippen LogP contribution in [0.2, 0.25) is 0 Å². The maximum atomic E-state index is 5.52. The molecule has 1 aromatic rings. The Morgan fingerprint density at radius 2 is 1.79 bits per heavy atom. The molecule has 6 heteroatoms.